The fraction of sp³-hybridized carbons (Fsp3) is 0.100. The van der Waals surface area contributed by atoms with Gasteiger partial charge in [-0.2, -0.15) is 5.10 Å². The van der Waals surface area contributed by atoms with Crippen LogP contribution in [0.25, 0.3) is 11.1 Å². The molecule has 0 fully saturated rings. The van der Waals surface area contributed by atoms with Crippen LogP contribution in [0.5, 0.6) is 5.75 Å². The van der Waals surface area contributed by atoms with E-state index in [1.165, 1.54) is 0 Å². The summed E-state index contributed by atoms with van der Waals surface area (Å²) >= 11 is 1.55. The summed E-state index contributed by atoms with van der Waals surface area (Å²) in [7, 11) is 0. The fourth-order valence-electron chi connectivity index (χ4n) is 2.23. The second-order valence-electron chi connectivity index (χ2n) is 5.40. The van der Waals surface area contributed by atoms with Crippen molar-refractivity contribution < 1.29 is 9.53 Å². The van der Waals surface area contributed by atoms with E-state index < -0.39 is 6.10 Å². The lowest BCUT2D eigenvalue weighted by Gasteiger charge is -2.13. The Kier molecular flexibility index (Phi) is 5.59. The number of ether oxygens (including phenoxy) is 1. The van der Waals surface area contributed by atoms with Crippen LogP contribution in [-0.4, -0.2) is 18.2 Å². The first-order valence-electron chi connectivity index (χ1n) is 7.91. The van der Waals surface area contributed by atoms with E-state index in [9.17, 15) is 4.79 Å². The third kappa shape index (κ3) is 4.78. The van der Waals surface area contributed by atoms with Gasteiger partial charge in [0.2, 0.25) is 0 Å². The minimum absolute atomic E-state index is 0.292. The summed E-state index contributed by atoms with van der Waals surface area (Å²) < 4.78 is 5.67. The molecule has 2 aromatic carbocycles. The third-order valence-electron chi connectivity index (χ3n) is 3.55. The first-order chi connectivity index (χ1) is 12.2. The number of nitrogens with zero attached hydrogens (tertiary/aromatic N) is 1. The molecule has 1 unspecified atom stereocenters. The van der Waals surface area contributed by atoms with Gasteiger partial charge in [-0.05, 0) is 41.6 Å². The van der Waals surface area contributed by atoms with Crippen LogP contribution < -0.4 is 10.2 Å². The molecule has 0 saturated heterocycles. The van der Waals surface area contributed by atoms with Gasteiger partial charge in [-0.15, -0.1) is 11.3 Å². The monoisotopic (exact) mass is 350 g/mol. The summed E-state index contributed by atoms with van der Waals surface area (Å²) in [6.45, 7) is 1.70. The van der Waals surface area contributed by atoms with E-state index in [-0.39, 0.29) is 5.91 Å². The number of hydrogen-bond donors (Lipinski definition) is 1. The van der Waals surface area contributed by atoms with Gasteiger partial charge in [0.15, 0.2) is 6.10 Å². The molecule has 1 N–H and O–H groups in total. The largest absolute Gasteiger partial charge is 0.481 e. The van der Waals surface area contributed by atoms with Gasteiger partial charge in [0, 0.05) is 4.88 Å². The number of thiophene rings is 1. The Morgan fingerprint density at radius 2 is 1.76 bits per heavy atom. The Bertz CT molecular complexity index is 828. The number of nitrogens with one attached hydrogen (secondary N) is 1. The maximum atomic E-state index is 12.0. The summed E-state index contributed by atoms with van der Waals surface area (Å²) in [5.41, 5.74) is 4.73. The maximum absolute atomic E-state index is 12.0. The molecule has 126 valence electrons. The van der Waals surface area contributed by atoms with Crippen molar-refractivity contribution in [1.29, 1.82) is 0 Å². The molecule has 1 heterocycles. The molecular weight excluding hydrogens is 332 g/mol. The van der Waals surface area contributed by atoms with Gasteiger partial charge in [0.1, 0.15) is 5.75 Å². The van der Waals surface area contributed by atoms with E-state index in [0.29, 0.717) is 5.75 Å². The summed E-state index contributed by atoms with van der Waals surface area (Å²) in [5, 5.41) is 5.89. The van der Waals surface area contributed by atoms with Crippen molar-refractivity contribution in [1.82, 2.24) is 5.43 Å². The highest BCUT2D eigenvalue weighted by Crippen LogP contribution is 2.22. The lowest BCUT2D eigenvalue weighted by molar-refractivity contribution is -0.127. The number of amides is 1. The fourth-order valence-corrected chi connectivity index (χ4v) is 2.81. The van der Waals surface area contributed by atoms with Crippen molar-refractivity contribution in [3.05, 3.63) is 77.0 Å². The average molecular weight is 350 g/mol. The lowest BCUT2D eigenvalue weighted by atomic mass is 10.1. The zero-order valence-electron chi connectivity index (χ0n) is 13.8. The molecule has 0 aliphatic heterocycles. The molecule has 0 spiro atoms. The minimum atomic E-state index is -0.636. The smallest absolute Gasteiger partial charge is 0.280 e. The van der Waals surface area contributed by atoms with Gasteiger partial charge < -0.3 is 4.74 Å². The highest BCUT2D eigenvalue weighted by atomic mass is 32.1. The number of carbonyl (C=O) groups excluding carboxylic acids is 1. The summed E-state index contributed by atoms with van der Waals surface area (Å²) in [4.78, 5) is 13.0. The van der Waals surface area contributed by atoms with Gasteiger partial charge in [0.05, 0.1) is 6.21 Å². The SMILES string of the molecule is CC(Oc1ccc(-c2ccccc2)cc1)C(=O)NN=Cc1cccs1. The van der Waals surface area contributed by atoms with Crippen molar-refractivity contribution in [2.24, 2.45) is 5.10 Å². The zero-order chi connectivity index (χ0) is 17.5. The Hall–Kier alpha value is -2.92. The standard InChI is InChI=1S/C20H18N2O2S/c1-15(20(23)22-21-14-19-8-5-13-25-19)24-18-11-9-17(10-12-18)16-6-3-2-4-7-16/h2-15H,1H3,(H,22,23). The second-order valence-corrected chi connectivity index (χ2v) is 6.38. The number of hydrazone groups is 1. The maximum Gasteiger partial charge on any atom is 0.280 e. The van der Waals surface area contributed by atoms with Crippen LogP contribution in [-0.2, 0) is 4.79 Å². The minimum Gasteiger partial charge on any atom is -0.481 e. The Morgan fingerprint density at radius 1 is 1.04 bits per heavy atom. The van der Waals surface area contributed by atoms with E-state index >= 15 is 0 Å². The van der Waals surface area contributed by atoms with Gasteiger partial charge in [-0.1, -0.05) is 48.5 Å². The quantitative estimate of drug-likeness (QED) is 0.531. The topological polar surface area (TPSA) is 50.7 Å². The van der Waals surface area contributed by atoms with E-state index in [0.717, 1.165) is 16.0 Å². The second kappa shape index (κ2) is 8.26. The Balaban J connectivity index is 1.55. The first-order valence-corrected chi connectivity index (χ1v) is 8.79. The van der Waals surface area contributed by atoms with Crippen molar-refractivity contribution in [3.8, 4) is 16.9 Å². The number of benzene rings is 2. The molecule has 1 aromatic heterocycles. The van der Waals surface area contributed by atoms with E-state index in [4.69, 9.17) is 4.74 Å². The summed E-state index contributed by atoms with van der Waals surface area (Å²) in [6.07, 6.45) is 0.979. The van der Waals surface area contributed by atoms with E-state index in [1.54, 1.807) is 24.5 Å². The van der Waals surface area contributed by atoms with Gasteiger partial charge in [-0.3, -0.25) is 4.79 Å². The molecular formula is C20H18N2O2S. The van der Waals surface area contributed by atoms with Crippen LogP contribution in [0, 0.1) is 0 Å². The molecule has 1 amide bonds. The number of rotatable bonds is 6. The van der Waals surface area contributed by atoms with Crippen LogP contribution in [0.2, 0.25) is 0 Å². The van der Waals surface area contributed by atoms with Crippen LogP contribution in [0.1, 0.15) is 11.8 Å². The first kappa shape index (κ1) is 16.9. The molecule has 0 bridgehead atoms. The highest BCUT2D eigenvalue weighted by Gasteiger charge is 2.13. The van der Waals surface area contributed by atoms with Crippen LogP contribution in [0.4, 0.5) is 0 Å². The molecule has 3 aromatic rings. The highest BCUT2D eigenvalue weighted by molar-refractivity contribution is 7.11. The van der Waals surface area contributed by atoms with Crippen molar-refractivity contribution >= 4 is 23.5 Å². The van der Waals surface area contributed by atoms with Crippen LogP contribution in [0.3, 0.4) is 0 Å². The van der Waals surface area contributed by atoms with Gasteiger partial charge in [-0.25, -0.2) is 5.43 Å². The number of hydrogen-bond acceptors (Lipinski definition) is 4. The molecule has 0 saturated carbocycles. The Labute approximate surface area is 150 Å². The molecule has 4 nitrogen and oxygen atoms in total. The van der Waals surface area contributed by atoms with Crippen LogP contribution >= 0.6 is 11.3 Å². The van der Waals surface area contributed by atoms with E-state index in [1.807, 2.05) is 60.0 Å². The average Bonchev–Trinajstić information content (AvgIpc) is 3.16. The molecule has 3 rings (SSSR count). The van der Waals surface area contributed by atoms with Gasteiger partial charge in [0.25, 0.3) is 5.91 Å². The van der Waals surface area contributed by atoms with Crippen molar-refractivity contribution in [2.45, 2.75) is 13.0 Å². The van der Waals surface area contributed by atoms with Crippen LogP contribution in [0.15, 0.2) is 77.2 Å². The molecule has 1 atom stereocenters. The predicted octanol–water partition coefficient (Wildman–Crippen LogP) is 4.33. The third-order valence-corrected chi connectivity index (χ3v) is 4.36. The molecule has 0 aliphatic rings. The Morgan fingerprint density at radius 3 is 2.44 bits per heavy atom. The number of carbonyl (C=O) groups is 1. The lowest BCUT2D eigenvalue weighted by Crippen LogP contribution is -2.33. The zero-order valence-corrected chi connectivity index (χ0v) is 14.6. The van der Waals surface area contributed by atoms with Crippen molar-refractivity contribution in [2.75, 3.05) is 0 Å². The van der Waals surface area contributed by atoms with E-state index in [2.05, 4.69) is 22.7 Å². The normalized spacial score (nSPS) is 12.0. The summed E-state index contributed by atoms with van der Waals surface area (Å²) in [6, 6.07) is 21.6. The molecule has 0 radical (unpaired) electrons. The molecule has 25 heavy (non-hydrogen) atoms. The van der Waals surface area contributed by atoms with Crippen molar-refractivity contribution in [3.63, 3.8) is 0 Å². The van der Waals surface area contributed by atoms with Gasteiger partial charge >= 0.3 is 0 Å². The molecule has 5 heteroatoms. The predicted molar refractivity (Wildman–Crippen MR) is 102 cm³/mol. The summed E-state index contributed by atoms with van der Waals surface area (Å²) in [5.74, 6) is 0.351. The molecule has 0 aliphatic carbocycles.